The lowest BCUT2D eigenvalue weighted by atomic mass is 9.92. The largest absolute Gasteiger partial charge is 0.356 e. The summed E-state index contributed by atoms with van der Waals surface area (Å²) in [5.74, 6) is -1.52. The summed E-state index contributed by atoms with van der Waals surface area (Å²) >= 11 is 6.06. The van der Waals surface area contributed by atoms with Gasteiger partial charge in [0.2, 0.25) is 5.95 Å². The first-order valence-electron chi connectivity index (χ1n) is 12.0. The zero-order valence-electron chi connectivity index (χ0n) is 19.0. The fourth-order valence-electron chi connectivity index (χ4n) is 5.97. The molecule has 2 fully saturated rings. The summed E-state index contributed by atoms with van der Waals surface area (Å²) in [4.78, 5) is 15.4. The topological polar surface area (TPSA) is 71.8 Å². The number of rotatable bonds is 4. The second-order valence-electron chi connectivity index (χ2n) is 9.70. The van der Waals surface area contributed by atoms with Gasteiger partial charge in [-0.1, -0.05) is 24.1 Å². The van der Waals surface area contributed by atoms with Gasteiger partial charge in [0.15, 0.2) is 17.5 Å². The zero-order valence-corrected chi connectivity index (χ0v) is 19.7. The van der Waals surface area contributed by atoms with Crippen LogP contribution in [0.1, 0.15) is 49.4 Å². The Hall–Kier alpha value is -2.88. The van der Waals surface area contributed by atoms with Gasteiger partial charge in [-0.15, -0.1) is 5.10 Å². The Morgan fingerprint density at radius 3 is 2.54 bits per heavy atom. The third kappa shape index (κ3) is 4.11. The Labute approximate surface area is 205 Å². The molecule has 0 amide bonds. The Kier molecular flexibility index (Phi) is 5.78. The lowest BCUT2D eigenvalue weighted by Gasteiger charge is -2.38. The van der Waals surface area contributed by atoms with E-state index in [-0.39, 0.29) is 11.6 Å². The second-order valence-corrected chi connectivity index (χ2v) is 10.1. The molecule has 2 aromatic heterocycles. The highest BCUT2D eigenvalue weighted by Crippen LogP contribution is 2.40. The number of aryl methyl sites for hydroxylation is 1. The molecule has 1 saturated heterocycles. The lowest BCUT2D eigenvalue weighted by molar-refractivity contribution is 0.374. The Morgan fingerprint density at radius 2 is 1.77 bits per heavy atom. The van der Waals surface area contributed by atoms with E-state index in [2.05, 4.69) is 25.3 Å². The molecule has 7 nitrogen and oxygen atoms in total. The first-order valence-corrected chi connectivity index (χ1v) is 12.4. The first kappa shape index (κ1) is 22.6. The maximum absolute atomic E-state index is 14.7. The Balaban J connectivity index is 1.24. The van der Waals surface area contributed by atoms with Crippen molar-refractivity contribution in [2.75, 3.05) is 23.3 Å². The highest BCUT2D eigenvalue weighted by atomic mass is 35.5. The monoisotopic (exact) mass is 503 g/mol. The van der Waals surface area contributed by atoms with Crippen LogP contribution in [0, 0.1) is 29.3 Å². The number of fused-ring (bicyclic) bond motifs is 3. The van der Waals surface area contributed by atoms with Crippen LogP contribution in [0.3, 0.4) is 0 Å². The van der Waals surface area contributed by atoms with Crippen molar-refractivity contribution < 1.29 is 13.2 Å². The number of halogens is 4. The van der Waals surface area contributed by atoms with Crippen LogP contribution in [-0.4, -0.2) is 43.9 Å². The maximum atomic E-state index is 14.7. The van der Waals surface area contributed by atoms with Gasteiger partial charge in [-0.25, -0.2) is 27.8 Å². The van der Waals surface area contributed by atoms with Crippen molar-refractivity contribution in [1.29, 1.82) is 0 Å². The quantitative estimate of drug-likeness (QED) is 0.408. The Bertz CT molecular complexity index is 1240. The summed E-state index contributed by atoms with van der Waals surface area (Å²) < 4.78 is 44.0. The molecular weight excluding hydrogens is 479 g/mol. The van der Waals surface area contributed by atoms with Gasteiger partial charge in [-0.05, 0) is 43.6 Å². The molecule has 2 aliphatic heterocycles. The van der Waals surface area contributed by atoms with Crippen LogP contribution in [0.5, 0.6) is 0 Å². The second kappa shape index (κ2) is 8.96. The van der Waals surface area contributed by atoms with Crippen molar-refractivity contribution in [3.63, 3.8) is 0 Å². The van der Waals surface area contributed by atoms with E-state index in [9.17, 15) is 13.2 Å². The minimum absolute atomic E-state index is 0.128. The van der Waals surface area contributed by atoms with Gasteiger partial charge >= 0.3 is 0 Å². The molecule has 1 aliphatic carbocycles. The zero-order chi connectivity index (χ0) is 24.1. The average molecular weight is 504 g/mol. The SMILES string of the molecule is Fc1ccc([C@@H]2CCCCn3nc(N[C@@H]4C5CC[C@H]4CN(c4cc(Cl)ncn4)C5)nc32)c(F)c1F. The fraction of sp³-hybridized carbons (Fsp3) is 0.500. The van der Waals surface area contributed by atoms with Gasteiger partial charge in [0.05, 0.1) is 0 Å². The van der Waals surface area contributed by atoms with Crippen LogP contribution in [-0.2, 0) is 6.54 Å². The van der Waals surface area contributed by atoms with E-state index >= 15 is 0 Å². The average Bonchev–Trinajstić information content (AvgIpc) is 3.25. The van der Waals surface area contributed by atoms with Gasteiger partial charge in [-0.2, -0.15) is 4.98 Å². The standard InChI is InChI=1S/C24H25ClF3N7/c25-18-9-19(30-12-29-18)34-10-13-4-5-14(11-34)22(13)31-24-32-23-16(3-1-2-8-35(23)33-24)15-6-7-17(26)21(28)20(15)27/h6-7,9,12-14,16,22H,1-5,8,10-11H2,(H,31,33)/t13-,14?,16-,22-/m0/s1. The number of nitrogens with zero attached hydrogens (tertiary/aromatic N) is 6. The van der Waals surface area contributed by atoms with Gasteiger partial charge in [0.25, 0.3) is 0 Å². The number of nitrogens with one attached hydrogen (secondary N) is 1. The summed E-state index contributed by atoms with van der Waals surface area (Å²) in [7, 11) is 0. The van der Waals surface area contributed by atoms with E-state index in [0.29, 0.717) is 41.7 Å². The van der Waals surface area contributed by atoms with Crippen LogP contribution >= 0.6 is 11.6 Å². The van der Waals surface area contributed by atoms with Crippen LogP contribution in [0.4, 0.5) is 24.9 Å². The predicted octanol–water partition coefficient (Wildman–Crippen LogP) is 4.78. The highest BCUT2D eigenvalue weighted by molar-refractivity contribution is 6.29. The molecule has 3 aromatic rings. The van der Waals surface area contributed by atoms with E-state index in [1.165, 1.54) is 12.4 Å². The highest BCUT2D eigenvalue weighted by Gasteiger charge is 2.43. The molecule has 11 heteroatoms. The molecule has 3 aliphatic rings. The van der Waals surface area contributed by atoms with E-state index in [1.807, 2.05) is 0 Å². The molecule has 35 heavy (non-hydrogen) atoms. The molecule has 184 valence electrons. The lowest BCUT2D eigenvalue weighted by Crippen LogP contribution is -2.48. The third-order valence-corrected chi connectivity index (χ3v) is 7.84. The minimum atomic E-state index is -1.44. The number of aromatic nitrogens is 5. The number of benzene rings is 1. The minimum Gasteiger partial charge on any atom is -0.356 e. The molecule has 1 unspecified atom stereocenters. The molecule has 0 radical (unpaired) electrons. The molecule has 4 heterocycles. The maximum Gasteiger partial charge on any atom is 0.242 e. The van der Waals surface area contributed by atoms with Gasteiger partial charge < -0.3 is 10.2 Å². The van der Waals surface area contributed by atoms with E-state index in [0.717, 1.165) is 50.7 Å². The van der Waals surface area contributed by atoms with Crippen LogP contribution < -0.4 is 10.2 Å². The van der Waals surface area contributed by atoms with E-state index in [1.54, 1.807) is 10.7 Å². The van der Waals surface area contributed by atoms with Crippen LogP contribution in [0.2, 0.25) is 5.15 Å². The summed E-state index contributed by atoms with van der Waals surface area (Å²) in [5, 5.41) is 8.67. The molecule has 2 bridgehead atoms. The van der Waals surface area contributed by atoms with Crippen molar-refractivity contribution in [2.24, 2.45) is 11.8 Å². The molecular formula is C24H25ClF3N7. The summed E-state index contributed by atoms with van der Waals surface area (Å²) in [6, 6.07) is 4.31. The molecule has 6 rings (SSSR count). The van der Waals surface area contributed by atoms with E-state index in [4.69, 9.17) is 16.6 Å². The molecule has 4 atom stereocenters. The number of anilines is 2. The van der Waals surface area contributed by atoms with Crippen LogP contribution in [0.25, 0.3) is 0 Å². The fourth-order valence-corrected chi connectivity index (χ4v) is 6.11. The predicted molar refractivity (Wildman–Crippen MR) is 125 cm³/mol. The third-order valence-electron chi connectivity index (χ3n) is 7.64. The van der Waals surface area contributed by atoms with Gasteiger partial charge in [-0.3, -0.25) is 0 Å². The number of piperidine rings is 1. The van der Waals surface area contributed by atoms with Crippen molar-refractivity contribution >= 4 is 23.4 Å². The first-order chi connectivity index (χ1) is 17.0. The normalized spacial score (nSPS) is 25.9. The number of hydrogen-bond donors (Lipinski definition) is 1. The van der Waals surface area contributed by atoms with Crippen molar-refractivity contribution in [2.45, 2.75) is 50.6 Å². The number of hydrogen-bond acceptors (Lipinski definition) is 6. The molecule has 1 aromatic carbocycles. The van der Waals surface area contributed by atoms with Crippen molar-refractivity contribution in [3.8, 4) is 0 Å². The van der Waals surface area contributed by atoms with Crippen molar-refractivity contribution in [3.05, 3.63) is 58.5 Å². The van der Waals surface area contributed by atoms with Crippen molar-refractivity contribution in [1.82, 2.24) is 24.7 Å². The summed E-state index contributed by atoms with van der Waals surface area (Å²) in [6.07, 6.45) is 5.96. The van der Waals surface area contributed by atoms with E-state index < -0.39 is 23.4 Å². The summed E-state index contributed by atoms with van der Waals surface area (Å²) in [5.41, 5.74) is 0.128. The van der Waals surface area contributed by atoms with Gasteiger partial charge in [0, 0.05) is 43.2 Å². The Morgan fingerprint density at radius 1 is 0.971 bits per heavy atom. The molecule has 1 N–H and O–H groups in total. The van der Waals surface area contributed by atoms with Crippen LogP contribution in [0.15, 0.2) is 24.5 Å². The smallest absolute Gasteiger partial charge is 0.242 e. The molecule has 0 spiro atoms. The van der Waals surface area contributed by atoms with Gasteiger partial charge in [0.1, 0.15) is 23.1 Å². The summed E-state index contributed by atoms with van der Waals surface area (Å²) in [6.45, 7) is 2.35. The molecule has 1 saturated carbocycles.